The van der Waals surface area contributed by atoms with Crippen LogP contribution in [-0.2, 0) is 10.5 Å². The van der Waals surface area contributed by atoms with E-state index >= 15 is 0 Å². The molecule has 1 rings (SSSR count). The zero-order valence-corrected chi connectivity index (χ0v) is 7.60. The molecule has 64 valence electrons. The molecule has 2 N–H and O–H groups in total. The Kier molecular flexibility index (Phi) is 3.10. The molecule has 0 amide bonds. The number of anilines is 1. The van der Waals surface area contributed by atoms with Gasteiger partial charge in [-0.25, -0.2) is 4.98 Å². The van der Waals surface area contributed by atoms with Crippen molar-refractivity contribution in [3.05, 3.63) is 23.9 Å². The molecule has 0 bridgehead atoms. The molecule has 0 fully saturated rings. The van der Waals surface area contributed by atoms with Gasteiger partial charge in [0.1, 0.15) is 5.82 Å². The molecular formula is C8H10N2OS. The van der Waals surface area contributed by atoms with Crippen LogP contribution in [0.2, 0.25) is 0 Å². The summed E-state index contributed by atoms with van der Waals surface area (Å²) in [4.78, 5) is 14.5. The summed E-state index contributed by atoms with van der Waals surface area (Å²) in [5.41, 5.74) is 6.49. The van der Waals surface area contributed by atoms with Gasteiger partial charge in [-0.15, -0.1) is 0 Å². The van der Waals surface area contributed by atoms with Crippen molar-refractivity contribution < 1.29 is 4.79 Å². The first-order chi connectivity index (χ1) is 5.70. The zero-order valence-electron chi connectivity index (χ0n) is 6.78. The number of aromatic nitrogens is 1. The van der Waals surface area contributed by atoms with E-state index in [1.807, 2.05) is 12.1 Å². The van der Waals surface area contributed by atoms with Gasteiger partial charge in [0.15, 0.2) is 5.12 Å². The summed E-state index contributed by atoms with van der Waals surface area (Å²) >= 11 is 1.24. The molecule has 0 aliphatic carbocycles. The highest BCUT2D eigenvalue weighted by Gasteiger charge is 2.00. The Bertz CT molecular complexity index is 288. The predicted molar refractivity (Wildman–Crippen MR) is 50.6 cm³/mol. The number of pyridine rings is 1. The van der Waals surface area contributed by atoms with Gasteiger partial charge in [-0.05, 0) is 6.07 Å². The van der Waals surface area contributed by atoms with Crippen molar-refractivity contribution in [1.82, 2.24) is 4.98 Å². The lowest BCUT2D eigenvalue weighted by molar-refractivity contribution is -0.109. The molecule has 3 nitrogen and oxygen atoms in total. The lowest BCUT2D eigenvalue weighted by Crippen LogP contribution is -1.96. The summed E-state index contributed by atoms with van der Waals surface area (Å²) in [6.07, 6.45) is 1.64. The first-order valence-corrected chi connectivity index (χ1v) is 4.51. The van der Waals surface area contributed by atoms with Crippen molar-refractivity contribution in [3.63, 3.8) is 0 Å². The number of rotatable bonds is 2. The summed E-state index contributed by atoms with van der Waals surface area (Å²) in [5, 5.41) is 0.0956. The normalized spacial score (nSPS) is 9.75. The molecule has 1 aromatic rings. The topological polar surface area (TPSA) is 56.0 Å². The first-order valence-electron chi connectivity index (χ1n) is 3.53. The summed E-state index contributed by atoms with van der Waals surface area (Å²) in [5.74, 6) is 1.11. The predicted octanol–water partition coefficient (Wildman–Crippen LogP) is 1.44. The van der Waals surface area contributed by atoms with E-state index in [0.29, 0.717) is 11.6 Å². The average molecular weight is 182 g/mol. The second-order valence-electron chi connectivity index (χ2n) is 2.33. The van der Waals surface area contributed by atoms with Crippen molar-refractivity contribution in [2.45, 2.75) is 12.7 Å². The van der Waals surface area contributed by atoms with Crippen LogP contribution >= 0.6 is 11.8 Å². The average Bonchev–Trinajstić information content (AvgIpc) is 2.03. The molecular weight excluding hydrogens is 172 g/mol. The first kappa shape index (κ1) is 9.06. The number of thioether (sulfide) groups is 1. The maximum Gasteiger partial charge on any atom is 0.186 e. The highest BCUT2D eigenvalue weighted by Crippen LogP contribution is 2.16. The molecule has 0 aliphatic rings. The lowest BCUT2D eigenvalue weighted by atomic mass is 10.3. The number of carbonyl (C=O) groups excluding carboxylic acids is 1. The van der Waals surface area contributed by atoms with Crippen molar-refractivity contribution in [3.8, 4) is 0 Å². The Morgan fingerprint density at radius 3 is 3.08 bits per heavy atom. The second kappa shape index (κ2) is 4.11. The van der Waals surface area contributed by atoms with Gasteiger partial charge in [0, 0.05) is 24.4 Å². The molecule has 0 saturated heterocycles. The largest absolute Gasteiger partial charge is 0.383 e. The van der Waals surface area contributed by atoms with Gasteiger partial charge < -0.3 is 5.73 Å². The highest BCUT2D eigenvalue weighted by atomic mass is 32.2. The minimum atomic E-state index is 0.0956. The Morgan fingerprint density at radius 1 is 1.75 bits per heavy atom. The molecule has 12 heavy (non-hydrogen) atoms. The van der Waals surface area contributed by atoms with E-state index in [2.05, 4.69) is 4.98 Å². The lowest BCUT2D eigenvalue weighted by Gasteiger charge is -2.00. The summed E-state index contributed by atoms with van der Waals surface area (Å²) < 4.78 is 0. The van der Waals surface area contributed by atoms with E-state index in [9.17, 15) is 4.79 Å². The van der Waals surface area contributed by atoms with Crippen LogP contribution < -0.4 is 5.73 Å². The fourth-order valence-electron chi connectivity index (χ4n) is 0.752. The molecule has 0 aromatic carbocycles. The van der Waals surface area contributed by atoms with E-state index in [1.165, 1.54) is 18.7 Å². The van der Waals surface area contributed by atoms with Crippen molar-refractivity contribution in [1.29, 1.82) is 0 Å². The molecule has 0 atom stereocenters. The molecule has 0 unspecified atom stereocenters. The third-order valence-corrected chi connectivity index (χ3v) is 2.22. The van der Waals surface area contributed by atoms with Crippen LogP contribution in [0.3, 0.4) is 0 Å². The zero-order chi connectivity index (χ0) is 8.97. The number of nitrogens with zero attached hydrogens (tertiary/aromatic N) is 1. The maximum absolute atomic E-state index is 10.6. The van der Waals surface area contributed by atoms with Crippen LogP contribution in [0.4, 0.5) is 5.82 Å². The molecule has 0 spiro atoms. The van der Waals surface area contributed by atoms with E-state index in [-0.39, 0.29) is 5.12 Å². The van der Waals surface area contributed by atoms with Crippen LogP contribution in [0.1, 0.15) is 12.5 Å². The van der Waals surface area contributed by atoms with Gasteiger partial charge in [-0.1, -0.05) is 17.8 Å². The number of nitrogens with two attached hydrogens (primary N) is 1. The molecule has 0 saturated carbocycles. The van der Waals surface area contributed by atoms with Gasteiger partial charge in [0.2, 0.25) is 0 Å². The Hall–Kier alpha value is -1.03. The van der Waals surface area contributed by atoms with Gasteiger partial charge >= 0.3 is 0 Å². The van der Waals surface area contributed by atoms with E-state index in [1.54, 1.807) is 6.20 Å². The quantitative estimate of drug-likeness (QED) is 0.752. The molecule has 0 aliphatic heterocycles. The SMILES string of the molecule is CC(=O)SCc1cccnc1N. The van der Waals surface area contributed by atoms with Crippen LogP contribution in [0.25, 0.3) is 0 Å². The van der Waals surface area contributed by atoms with Crippen LogP contribution in [0.5, 0.6) is 0 Å². The number of hydrogen-bond donors (Lipinski definition) is 1. The molecule has 1 heterocycles. The molecule has 1 aromatic heterocycles. The minimum Gasteiger partial charge on any atom is -0.383 e. The van der Waals surface area contributed by atoms with Crippen LogP contribution in [0, 0.1) is 0 Å². The number of hydrogen-bond acceptors (Lipinski definition) is 4. The summed E-state index contributed by atoms with van der Waals surface area (Å²) in [6, 6.07) is 3.69. The van der Waals surface area contributed by atoms with Gasteiger partial charge in [0.25, 0.3) is 0 Å². The third-order valence-electron chi connectivity index (χ3n) is 1.36. The fraction of sp³-hybridized carbons (Fsp3) is 0.250. The van der Waals surface area contributed by atoms with E-state index in [4.69, 9.17) is 5.73 Å². The van der Waals surface area contributed by atoms with E-state index < -0.39 is 0 Å². The summed E-state index contributed by atoms with van der Waals surface area (Å²) in [7, 11) is 0. The van der Waals surface area contributed by atoms with Gasteiger partial charge in [-0.2, -0.15) is 0 Å². The number of nitrogen functional groups attached to an aromatic ring is 1. The van der Waals surface area contributed by atoms with Gasteiger partial charge in [-0.3, -0.25) is 4.79 Å². The van der Waals surface area contributed by atoms with Gasteiger partial charge in [0.05, 0.1) is 0 Å². The third kappa shape index (κ3) is 2.54. The molecule has 0 radical (unpaired) electrons. The highest BCUT2D eigenvalue weighted by molar-refractivity contribution is 8.12. The van der Waals surface area contributed by atoms with E-state index in [0.717, 1.165) is 5.56 Å². The Labute approximate surface area is 75.4 Å². The fourth-order valence-corrected chi connectivity index (χ4v) is 1.36. The summed E-state index contributed by atoms with van der Waals surface area (Å²) in [6.45, 7) is 1.54. The smallest absolute Gasteiger partial charge is 0.186 e. The van der Waals surface area contributed by atoms with Crippen LogP contribution in [0.15, 0.2) is 18.3 Å². The second-order valence-corrected chi connectivity index (χ2v) is 3.48. The Balaban J connectivity index is 2.63. The Morgan fingerprint density at radius 2 is 2.50 bits per heavy atom. The maximum atomic E-state index is 10.6. The van der Waals surface area contributed by atoms with Crippen molar-refractivity contribution >= 4 is 22.7 Å². The number of carbonyl (C=O) groups is 1. The van der Waals surface area contributed by atoms with Crippen molar-refractivity contribution in [2.75, 3.05) is 5.73 Å². The standard InChI is InChI=1S/C8H10N2OS/c1-6(11)12-5-7-3-2-4-10-8(7)9/h2-4H,5H2,1H3,(H2,9,10). The minimum absolute atomic E-state index is 0.0956. The van der Waals surface area contributed by atoms with Crippen molar-refractivity contribution in [2.24, 2.45) is 0 Å². The van der Waals surface area contributed by atoms with Crippen LogP contribution in [-0.4, -0.2) is 10.1 Å². The molecule has 4 heteroatoms. The monoisotopic (exact) mass is 182 g/mol.